The molecule has 6 nitrogen and oxygen atoms in total. The molecular weight excluding hydrogens is 440 g/mol. The van der Waals surface area contributed by atoms with Crippen LogP contribution in [0.3, 0.4) is 0 Å². The second kappa shape index (κ2) is 8.37. The van der Waals surface area contributed by atoms with Gasteiger partial charge in [-0.15, -0.1) is 0 Å². The van der Waals surface area contributed by atoms with Crippen molar-refractivity contribution in [2.45, 2.75) is 13.1 Å². The Labute approximate surface area is 187 Å². The van der Waals surface area contributed by atoms with Gasteiger partial charge >= 0.3 is 6.01 Å². The van der Waals surface area contributed by atoms with Crippen LogP contribution in [-0.4, -0.2) is 35.1 Å². The Bertz CT molecular complexity index is 1290. The fraction of sp³-hybridized carbons (Fsp3) is 0.217. The number of ether oxygens (including phenoxy) is 2. The van der Waals surface area contributed by atoms with Gasteiger partial charge in [0, 0.05) is 54.1 Å². The summed E-state index contributed by atoms with van der Waals surface area (Å²) in [6, 6.07) is 6.59. The molecule has 0 saturated carbocycles. The number of benzene rings is 2. The summed E-state index contributed by atoms with van der Waals surface area (Å²) in [6.45, 7) is 2.36. The predicted octanol–water partition coefficient (Wildman–Crippen LogP) is 5.22. The van der Waals surface area contributed by atoms with Crippen molar-refractivity contribution in [1.82, 2.24) is 14.9 Å². The minimum atomic E-state index is -1.01. The zero-order valence-corrected chi connectivity index (χ0v) is 17.8. The first-order chi connectivity index (χ1) is 15.5. The topological polar surface area (TPSA) is 60.6 Å². The molecule has 0 amide bonds. The van der Waals surface area contributed by atoms with Gasteiger partial charge in [-0.1, -0.05) is 11.6 Å². The van der Waals surface area contributed by atoms with Crippen LogP contribution in [-0.2, 0) is 13.1 Å². The van der Waals surface area contributed by atoms with E-state index < -0.39 is 11.6 Å². The van der Waals surface area contributed by atoms with Crippen LogP contribution in [0.15, 0.2) is 47.3 Å². The molecule has 5 rings (SSSR count). The van der Waals surface area contributed by atoms with Gasteiger partial charge in [0.1, 0.15) is 12.4 Å². The van der Waals surface area contributed by atoms with Crippen molar-refractivity contribution in [1.29, 1.82) is 0 Å². The molecular formula is C23H18ClF2N3O3. The van der Waals surface area contributed by atoms with E-state index in [1.165, 1.54) is 19.4 Å². The molecule has 164 valence electrons. The van der Waals surface area contributed by atoms with Crippen molar-refractivity contribution in [2.24, 2.45) is 0 Å². The Morgan fingerprint density at radius 1 is 1.19 bits per heavy atom. The number of methoxy groups -OCH3 is 1. The van der Waals surface area contributed by atoms with Crippen LogP contribution in [0, 0.1) is 11.6 Å². The maximum atomic E-state index is 14.1. The summed E-state index contributed by atoms with van der Waals surface area (Å²) in [7, 11) is 1.52. The van der Waals surface area contributed by atoms with E-state index in [1.54, 1.807) is 18.5 Å². The van der Waals surface area contributed by atoms with Crippen molar-refractivity contribution in [2.75, 3.05) is 20.3 Å². The van der Waals surface area contributed by atoms with E-state index >= 15 is 0 Å². The molecule has 0 fully saturated rings. The maximum absolute atomic E-state index is 14.1. The van der Waals surface area contributed by atoms with Gasteiger partial charge in [0.05, 0.1) is 18.4 Å². The van der Waals surface area contributed by atoms with Crippen molar-refractivity contribution < 1.29 is 22.7 Å². The van der Waals surface area contributed by atoms with Gasteiger partial charge in [0.25, 0.3) is 0 Å². The third-order valence-electron chi connectivity index (χ3n) is 5.38. The molecule has 0 N–H and O–H groups in total. The summed E-state index contributed by atoms with van der Waals surface area (Å²) in [6.07, 6.45) is 4.87. The molecule has 1 aliphatic rings. The van der Waals surface area contributed by atoms with Gasteiger partial charge in [0.2, 0.25) is 5.82 Å². The van der Waals surface area contributed by atoms with Crippen LogP contribution in [0.4, 0.5) is 8.78 Å². The van der Waals surface area contributed by atoms with Gasteiger partial charge in [-0.3, -0.25) is 4.90 Å². The van der Waals surface area contributed by atoms with Crippen molar-refractivity contribution in [3.8, 4) is 22.9 Å². The van der Waals surface area contributed by atoms with E-state index in [-0.39, 0.29) is 5.58 Å². The smallest absolute Gasteiger partial charge is 0.316 e. The van der Waals surface area contributed by atoms with Crippen LogP contribution in [0.2, 0.25) is 5.02 Å². The average Bonchev–Trinajstić information content (AvgIpc) is 3.12. The first kappa shape index (κ1) is 20.7. The lowest BCUT2D eigenvalue weighted by Gasteiger charge is -2.19. The van der Waals surface area contributed by atoms with Crippen LogP contribution < -0.4 is 9.47 Å². The number of fused-ring (bicyclic) bond motifs is 2. The number of rotatable bonds is 4. The van der Waals surface area contributed by atoms with E-state index in [9.17, 15) is 8.78 Å². The number of aromatic nitrogens is 2. The predicted molar refractivity (Wildman–Crippen MR) is 115 cm³/mol. The monoisotopic (exact) mass is 457 g/mol. The highest BCUT2D eigenvalue weighted by atomic mass is 35.5. The second-order valence-electron chi connectivity index (χ2n) is 7.47. The Hall–Kier alpha value is -3.23. The van der Waals surface area contributed by atoms with Gasteiger partial charge in [0.15, 0.2) is 11.4 Å². The van der Waals surface area contributed by atoms with E-state index in [0.717, 1.165) is 22.8 Å². The van der Waals surface area contributed by atoms with Crippen LogP contribution in [0.5, 0.6) is 11.8 Å². The molecule has 0 unspecified atom stereocenters. The molecule has 0 spiro atoms. The fourth-order valence-corrected chi connectivity index (χ4v) is 4.16. The van der Waals surface area contributed by atoms with Crippen LogP contribution in [0.25, 0.3) is 22.1 Å². The highest BCUT2D eigenvalue weighted by Crippen LogP contribution is 2.39. The van der Waals surface area contributed by atoms with Crippen molar-refractivity contribution in [3.05, 3.63) is 70.7 Å². The highest BCUT2D eigenvalue weighted by Gasteiger charge is 2.22. The first-order valence-corrected chi connectivity index (χ1v) is 10.3. The summed E-state index contributed by atoms with van der Waals surface area (Å²) in [5.41, 5.74) is 3.06. The van der Waals surface area contributed by atoms with Gasteiger partial charge in [-0.2, -0.15) is 4.39 Å². The third kappa shape index (κ3) is 3.76. The summed E-state index contributed by atoms with van der Waals surface area (Å²) >= 11 is 6.54. The van der Waals surface area contributed by atoms with Gasteiger partial charge < -0.3 is 13.9 Å². The molecule has 0 radical (unpaired) electrons. The molecule has 2 aromatic carbocycles. The largest absolute Gasteiger partial charge is 0.490 e. The lowest BCUT2D eigenvalue weighted by atomic mass is 10.0. The number of hydrogen-bond acceptors (Lipinski definition) is 6. The van der Waals surface area contributed by atoms with Crippen LogP contribution >= 0.6 is 11.6 Å². The van der Waals surface area contributed by atoms with E-state index in [0.29, 0.717) is 54.0 Å². The van der Waals surface area contributed by atoms with Crippen LogP contribution in [0.1, 0.15) is 11.1 Å². The quantitative estimate of drug-likeness (QED) is 0.418. The lowest BCUT2D eigenvalue weighted by molar-refractivity contribution is 0.219. The Balaban J connectivity index is 1.48. The number of furan rings is 1. The minimum Gasteiger partial charge on any atom is -0.490 e. The van der Waals surface area contributed by atoms with Crippen molar-refractivity contribution in [3.63, 3.8) is 0 Å². The highest BCUT2D eigenvalue weighted by molar-refractivity contribution is 6.32. The summed E-state index contributed by atoms with van der Waals surface area (Å²) in [5, 5.41) is 0.922. The molecule has 0 bridgehead atoms. The standard InChI is InChI=1S/C23H18ClF2N3O3/c1-30-23-27-8-13(9-28-23)10-29-4-5-31-21-15(11-29)6-14(7-18(21)24)17-12-32-22-16(17)2-3-19(25)20(22)26/h2-3,6-9,12H,4-5,10-11H2,1H3. The first-order valence-electron chi connectivity index (χ1n) is 9.91. The molecule has 9 heteroatoms. The summed E-state index contributed by atoms with van der Waals surface area (Å²) in [4.78, 5) is 10.5. The SMILES string of the molecule is COc1ncc(CN2CCOc3c(Cl)cc(-c4coc5c(F)c(F)ccc45)cc3C2)cn1. The van der Waals surface area contributed by atoms with E-state index in [1.807, 2.05) is 6.07 Å². The van der Waals surface area contributed by atoms with E-state index in [2.05, 4.69) is 14.9 Å². The molecule has 1 aliphatic heterocycles. The zero-order valence-electron chi connectivity index (χ0n) is 17.1. The van der Waals surface area contributed by atoms with Crippen molar-refractivity contribution >= 4 is 22.6 Å². The van der Waals surface area contributed by atoms with E-state index in [4.69, 9.17) is 25.5 Å². The summed E-state index contributed by atoms with van der Waals surface area (Å²) < 4.78 is 43.9. The number of hydrogen-bond donors (Lipinski definition) is 0. The zero-order chi connectivity index (χ0) is 22.2. The molecule has 0 atom stereocenters. The Kier molecular flexibility index (Phi) is 5.40. The minimum absolute atomic E-state index is 0.122. The fourth-order valence-electron chi connectivity index (χ4n) is 3.87. The number of halogens is 3. The normalized spacial score (nSPS) is 14.1. The maximum Gasteiger partial charge on any atom is 0.316 e. The third-order valence-corrected chi connectivity index (χ3v) is 5.67. The van der Waals surface area contributed by atoms with Gasteiger partial charge in [-0.25, -0.2) is 14.4 Å². The molecule has 3 heterocycles. The Morgan fingerprint density at radius 3 is 2.78 bits per heavy atom. The molecule has 4 aromatic rings. The number of nitrogens with zero attached hydrogens (tertiary/aromatic N) is 3. The molecule has 32 heavy (non-hydrogen) atoms. The Morgan fingerprint density at radius 2 is 2.00 bits per heavy atom. The molecule has 0 saturated heterocycles. The average molecular weight is 458 g/mol. The second-order valence-corrected chi connectivity index (χ2v) is 7.88. The molecule has 2 aromatic heterocycles. The van der Waals surface area contributed by atoms with Gasteiger partial charge in [-0.05, 0) is 29.8 Å². The molecule has 0 aliphatic carbocycles. The lowest BCUT2D eigenvalue weighted by Crippen LogP contribution is -2.25. The summed E-state index contributed by atoms with van der Waals surface area (Å²) in [5.74, 6) is -1.34.